The van der Waals surface area contributed by atoms with Crippen LogP contribution in [0, 0.1) is 5.92 Å². The normalized spacial score (nSPS) is 30.0. The van der Waals surface area contributed by atoms with Gasteiger partial charge in [-0.25, -0.2) is 0 Å². The molecule has 2 rings (SSSR count). The van der Waals surface area contributed by atoms with E-state index in [9.17, 15) is 10.2 Å². The molecule has 0 amide bonds. The molecule has 0 saturated carbocycles. The minimum Gasteiger partial charge on any atom is -0.395 e. The average Bonchev–Trinajstić information content (AvgIpc) is 2.42. The molecule has 0 aromatic rings. The lowest BCUT2D eigenvalue weighted by Crippen LogP contribution is -2.49. The van der Waals surface area contributed by atoms with Crippen molar-refractivity contribution in [1.29, 1.82) is 0 Å². The number of nitrogens with zero attached hydrogens (tertiary/aromatic N) is 1. The minimum atomic E-state index is -0.377. The molecule has 2 saturated heterocycles. The zero-order chi connectivity index (χ0) is 12.8. The smallest absolute Gasteiger partial charge is 0.0720 e. The number of likely N-dealkylation sites (tertiary alicyclic amines) is 1. The van der Waals surface area contributed by atoms with E-state index in [4.69, 9.17) is 0 Å². The van der Waals surface area contributed by atoms with Crippen LogP contribution in [0.5, 0.6) is 0 Å². The first-order valence-electron chi connectivity index (χ1n) is 7.55. The number of aliphatic hydroxyl groups excluding tert-OH is 2. The maximum absolute atomic E-state index is 10.4. The summed E-state index contributed by atoms with van der Waals surface area (Å²) in [6.45, 7) is 4.29. The Balaban J connectivity index is 1.81. The van der Waals surface area contributed by atoms with Gasteiger partial charge in [-0.2, -0.15) is 0 Å². The molecule has 2 heterocycles. The zero-order valence-corrected chi connectivity index (χ0v) is 11.4. The highest BCUT2D eigenvalue weighted by Gasteiger charge is 2.28. The number of rotatable bonds is 5. The third-order valence-corrected chi connectivity index (χ3v) is 4.46. The van der Waals surface area contributed by atoms with Gasteiger partial charge in [0.2, 0.25) is 0 Å². The van der Waals surface area contributed by atoms with Gasteiger partial charge in [0, 0.05) is 0 Å². The molecule has 0 radical (unpaired) electrons. The van der Waals surface area contributed by atoms with Crippen molar-refractivity contribution in [2.75, 3.05) is 32.8 Å². The molecule has 4 heteroatoms. The molecule has 3 unspecified atom stereocenters. The van der Waals surface area contributed by atoms with Gasteiger partial charge in [0.1, 0.15) is 0 Å². The molecule has 2 aliphatic rings. The van der Waals surface area contributed by atoms with Gasteiger partial charge in [-0.05, 0) is 64.2 Å². The fourth-order valence-electron chi connectivity index (χ4n) is 3.35. The predicted octanol–water partition coefficient (Wildman–Crippen LogP) is 0.584. The highest BCUT2D eigenvalue weighted by molar-refractivity contribution is 4.83. The van der Waals surface area contributed by atoms with Crippen LogP contribution in [0.2, 0.25) is 0 Å². The molecule has 3 atom stereocenters. The molecule has 2 aliphatic heterocycles. The molecular formula is C14H28N2O2. The van der Waals surface area contributed by atoms with Gasteiger partial charge in [-0.1, -0.05) is 6.42 Å². The Bertz CT molecular complexity index is 226. The Morgan fingerprint density at radius 2 is 1.94 bits per heavy atom. The van der Waals surface area contributed by atoms with Crippen LogP contribution in [0.15, 0.2) is 0 Å². The van der Waals surface area contributed by atoms with E-state index >= 15 is 0 Å². The molecule has 0 aliphatic carbocycles. The van der Waals surface area contributed by atoms with Gasteiger partial charge >= 0.3 is 0 Å². The number of hydrogen-bond donors (Lipinski definition) is 3. The highest BCUT2D eigenvalue weighted by Crippen LogP contribution is 2.21. The summed E-state index contributed by atoms with van der Waals surface area (Å²) in [4.78, 5) is 2.28. The first-order valence-corrected chi connectivity index (χ1v) is 7.55. The van der Waals surface area contributed by atoms with Crippen molar-refractivity contribution in [3.05, 3.63) is 0 Å². The van der Waals surface area contributed by atoms with Crippen LogP contribution < -0.4 is 5.32 Å². The molecule has 2 fully saturated rings. The molecule has 4 nitrogen and oxygen atoms in total. The minimum absolute atomic E-state index is 0.0489. The third-order valence-electron chi connectivity index (χ3n) is 4.46. The van der Waals surface area contributed by atoms with Crippen molar-refractivity contribution in [1.82, 2.24) is 10.2 Å². The lowest BCUT2D eigenvalue weighted by atomic mass is 9.90. The van der Waals surface area contributed by atoms with Gasteiger partial charge in [-0.3, -0.25) is 4.90 Å². The van der Waals surface area contributed by atoms with E-state index in [1.807, 2.05) is 0 Å². The number of hydrogen-bond acceptors (Lipinski definition) is 4. The van der Waals surface area contributed by atoms with Crippen LogP contribution in [0.1, 0.15) is 38.5 Å². The van der Waals surface area contributed by atoms with E-state index in [1.54, 1.807) is 0 Å². The lowest BCUT2D eigenvalue weighted by Gasteiger charge is -2.37. The third kappa shape index (κ3) is 3.92. The Labute approximate surface area is 110 Å². The Morgan fingerprint density at radius 3 is 2.56 bits per heavy atom. The number of nitrogens with one attached hydrogen (secondary N) is 1. The molecule has 18 heavy (non-hydrogen) atoms. The van der Waals surface area contributed by atoms with Crippen molar-refractivity contribution in [2.24, 2.45) is 5.92 Å². The summed E-state index contributed by atoms with van der Waals surface area (Å²) in [7, 11) is 0. The van der Waals surface area contributed by atoms with Crippen LogP contribution in [0.4, 0.5) is 0 Å². The van der Waals surface area contributed by atoms with Gasteiger partial charge in [0.05, 0.1) is 18.8 Å². The summed E-state index contributed by atoms with van der Waals surface area (Å²) >= 11 is 0. The maximum Gasteiger partial charge on any atom is 0.0720 e. The molecular weight excluding hydrogens is 228 g/mol. The largest absolute Gasteiger partial charge is 0.395 e. The summed E-state index contributed by atoms with van der Waals surface area (Å²) in [6, 6.07) is -0.0489. The second kappa shape index (κ2) is 7.43. The second-order valence-electron chi connectivity index (χ2n) is 5.86. The molecule has 0 bridgehead atoms. The Morgan fingerprint density at radius 1 is 1.17 bits per heavy atom. The van der Waals surface area contributed by atoms with E-state index < -0.39 is 0 Å². The molecule has 106 valence electrons. The Kier molecular flexibility index (Phi) is 5.89. The molecule has 0 aromatic heterocycles. The van der Waals surface area contributed by atoms with Crippen LogP contribution in [-0.2, 0) is 0 Å². The van der Waals surface area contributed by atoms with Crippen LogP contribution in [0.25, 0.3) is 0 Å². The Hall–Kier alpha value is -0.160. The summed E-state index contributed by atoms with van der Waals surface area (Å²) in [5.74, 6) is 0.576. The lowest BCUT2D eigenvalue weighted by molar-refractivity contribution is -0.00565. The fourth-order valence-corrected chi connectivity index (χ4v) is 3.35. The van der Waals surface area contributed by atoms with E-state index in [1.165, 1.54) is 32.1 Å². The van der Waals surface area contributed by atoms with E-state index in [0.717, 1.165) is 32.6 Å². The highest BCUT2D eigenvalue weighted by atomic mass is 16.3. The van der Waals surface area contributed by atoms with Crippen molar-refractivity contribution >= 4 is 0 Å². The van der Waals surface area contributed by atoms with E-state index in [0.29, 0.717) is 5.92 Å². The summed E-state index contributed by atoms with van der Waals surface area (Å²) in [5, 5.41) is 23.3. The molecule has 0 aromatic carbocycles. The first-order chi connectivity index (χ1) is 8.81. The topological polar surface area (TPSA) is 55.7 Å². The fraction of sp³-hybridized carbons (Fsp3) is 1.00. The average molecular weight is 256 g/mol. The van der Waals surface area contributed by atoms with Crippen LogP contribution >= 0.6 is 0 Å². The van der Waals surface area contributed by atoms with E-state index in [-0.39, 0.29) is 18.8 Å². The van der Waals surface area contributed by atoms with Gasteiger partial charge in [0.15, 0.2) is 0 Å². The van der Waals surface area contributed by atoms with Gasteiger partial charge in [0.25, 0.3) is 0 Å². The van der Waals surface area contributed by atoms with Crippen molar-refractivity contribution < 1.29 is 10.2 Å². The maximum atomic E-state index is 10.4. The standard InChI is InChI=1S/C14H28N2O2/c17-11-13(16-7-2-1-3-8-16)14(18)9-12-5-4-6-15-10-12/h12-15,17-18H,1-11H2. The quantitative estimate of drug-likeness (QED) is 0.674. The SMILES string of the molecule is OCC(C(O)CC1CCCNC1)N1CCCCC1. The van der Waals surface area contributed by atoms with Crippen LogP contribution in [0.3, 0.4) is 0 Å². The van der Waals surface area contributed by atoms with Crippen molar-refractivity contribution in [2.45, 2.75) is 50.7 Å². The predicted molar refractivity (Wildman–Crippen MR) is 72.5 cm³/mol. The number of piperidine rings is 2. The number of aliphatic hydroxyl groups is 2. The second-order valence-corrected chi connectivity index (χ2v) is 5.86. The van der Waals surface area contributed by atoms with Crippen molar-refractivity contribution in [3.8, 4) is 0 Å². The van der Waals surface area contributed by atoms with Crippen molar-refractivity contribution in [3.63, 3.8) is 0 Å². The monoisotopic (exact) mass is 256 g/mol. The summed E-state index contributed by atoms with van der Waals surface area (Å²) < 4.78 is 0. The molecule has 3 N–H and O–H groups in total. The zero-order valence-electron chi connectivity index (χ0n) is 11.4. The van der Waals surface area contributed by atoms with Crippen LogP contribution in [-0.4, -0.2) is 60.0 Å². The summed E-state index contributed by atoms with van der Waals surface area (Å²) in [5.41, 5.74) is 0. The summed E-state index contributed by atoms with van der Waals surface area (Å²) in [6.07, 6.45) is 6.57. The van der Waals surface area contributed by atoms with E-state index in [2.05, 4.69) is 10.2 Å². The molecule has 0 spiro atoms. The first kappa shape index (κ1) is 14.3. The van der Waals surface area contributed by atoms with Gasteiger partial charge in [-0.15, -0.1) is 0 Å². The van der Waals surface area contributed by atoms with Gasteiger partial charge < -0.3 is 15.5 Å².